The molecule has 10 N–H and O–H groups in total. The van der Waals surface area contributed by atoms with Crippen molar-refractivity contribution in [3.8, 4) is 0 Å². The molecule has 0 amide bonds. The number of benzene rings is 4. The van der Waals surface area contributed by atoms with E-state index in [2.05, 4.69) is 81.5 Å². The van der Waals surface area contributed by atoms with Crippen molar-refractivity contribution in [3.05, 3.63) is 117 Å². The maximum absolute atomic E-state index is 12.2. The van der Waals surface area contributed by atoms with Crippen LogP contribution in [0.25, 0.3) is 0 Å². The van der Waals surface area contributed by atoms with Crippen LogP contribution >= 0.6 is 103 Å². The van der Waals surface area contributed by atoms with Crippen molar-refractivity contribution in [2.45, 2.75) is 122 Å². The number of ether oxygens (including phenoxy) is 3. The van der Waals surface area contributed by atoms with Crippen molar-refractivity contribution >= 4 is 197 Å². The standard InChI is InChI=1S/C19H28BCl2N2O3.C15H22BN2O3.C14H20Cl2N2O2.C6H10BINO3.C6H6IN.C2H3ClO/c1-19(2,3)27-18(26)13-16(23-20-14-25)11-15-5-4-6-17(12-15)24(9-7-21)10-8-22;1-15(2,3)21-14(20)9-13(18-16-10-19)8-11-5-4-6-12(17)7-11;15-4-6-18(7-5-16)13-3-1-2-11(9-13)8-12(17)10-14(19)20;1-12-6(11)2-5(3-8)9-7-4-10;7-5-2-1-3-6(8)4-5;3-1-2-4/h4-6,12,14,16,23H,7-11,13H2,1-3H3;4-7,10,13,18H,8-9,17H2,1-3H3;1-3,9,12H,4-8,10,17H2,(H,19,20);4-5,9H,2-3H2,1H3;1-4H,8H2;2H,1H2/t16-;13-;12-;5-;;/m1110../s1. The molecule has 92 heavy (non-hydrogen) atoms. The molecule has 0 saturated heterocycles. The number of alkyl halides is 6. The van der Waals surface area contributed by atoms with Crippen LogP contribution in [0.5, 0.6) is 0 Å². The molecular weight excluding hydrogens is 1510 g/mol. The number of anilines is 4. The highest BCUT2D eigenvalue weighted by molar-refractivity contribution is 14.1. The number of halogens is 7. The van der Waals surface area contributed by atoms with Crippen molar-refractivity contribution in [1.82, 2.24) is 15.7 Å². The molecule has 20 nitrogen and oxygen atoms in total. The van der Waals surface area contributed by atoms with E-state index in [0.717, 1.165) is 51.3 Å². The summed E-state index contributed by atoms with van der Waals surface area (Å²) in [6, 6.07) is 30.3. The molecule has 3 radical (unpaired) electrons. The van der Waals surface area contributed by atoms with Gasteiger partial charge < -0.3 is 81.2 Å². The van der Waals surface area contributed by atoms with E-state index in [1.54, 1.807) is 6.07 Å². The number of carbonyl (C=O) groups excluding carboxylic acids is 7. The van der Waals surface area contributed by atoms with E-state index in [1.165, 1.54) is 32.9 Å². The third-order valence-electron chi connectivity index (χ3n) is 11.4. The number of rotatable bonds is 35. The van der Waals surface area contributed by atoms with Gasteiger partial charge in [0, 0.05) is 105 Å². The lowest BCUT2D eigenvalue weighted by molar-refractivity contribution is -0.156. The number of carboxylic acids is 1. The van der Waals surface area contributed by atoms with E-state index in [-0.39, 0.29) is 73.6 Å². The lowest BCUT2D eigenvalue weighted by Gasteiger charge is -2.25. The average molecular weight is 1600 g/mol. The molecule has 4 atom stereocenters. The molecule has 0 heterocycles. The van der Waals surface area contributed by atoms with Crippen LogP contribution in [-0.4, -0.2) is 179 Å². The second kappa shape index (κ2) is 54.8. The Morgan fingerprint density at radius 2 is 0.924 bits per heavy atom. The first-order chi connectivity index (χ1) is 43.6. The normalized spacial score (nSPS) is 11.7. The first kappa shape index (κ1) is 89.6. The van der Waals surface area contributed by atoms with Gasteiger partial charge in [0.1, 0.15) is 17.5 Å². The second-order valence-corrected chi connectivity index (χ2v) is 25.6. The number of nitrogen functional groups attached to an aromatic ring is 2. The van der Waals surface area contributed by atoms with Gasteiger partial charge in [0.2, 0.25) is 0 Å². The third-order valence-corrected chi connectivity index (χ3v) is 14.0. The van der Waals surface area contributed by atoms with Gasteiger partial charge in [0.25, 0.3) is 22.2 Å². The Bertz CT molecular complexity index is 2690. The number of methoxy groups -OCH3 is 1. The fraction of sp³-hybridized carbons (Fsp3) is 0.484. The van der Waals surface area contributed by atoms with E-state index in [1.807, 2.05) is 126 Å². The number of aliphatic carboxylic acids is 1. The zero-order valence-corrected chi connectivity index (χ0v) is 61.4. The maximum Gasteiger partial charge on any atom is 0.307 e. The quantitative estimate of drug-likeness (QED) is 0.00431. The molecule has 4 aromatic rings. The Hall–Kier alpha value is -4.42. The van der Waals surface area contributed by atoms with E-state index in [4.69, 9.17) is 94.6 Å². The minimum Gasteiger partial charge on any atom is -0.481 e. The molecule has 30 heteroatoms. The van der Waals surface area contributed by atoms with Crippen molar-refractivity contribution in [3.63, 3.8) is 0 Å². The van der Waals surface area contributed by atoms with Gasteiger partial charge in [-0.2, -0.15) is 0 Å². The van der Waals surface area contributed by atoms with Crippen molar-refractivity contribution in [2.75, 3.05) is 88.4 Å². The number of carboxylic acid groups (broad SMARTS) is 1. The summed E-state index contributed by atoms with van der Waals surface area (Å²) in [7, 11) is 5.23. The molecule has 0 aliphatic rings. The minimum atomic E-state index is -0.875. The van der Waals surface area contributed by atoms with E-state index in [9.17, 15) is 33.6 Å². The lowest BCUT2D eigenvalue weighted by Crippen LogP contribution is -2.38. The molecule has 0 spiro atoms. The summed E-state index contributed by atoms with van der Waals surface area (Å²) in [5, 5.41) is 17.4. The number of aldehydes is 1. The summed E-state index contributed by atoms with van der Waals surface area (Å²) in [4.78, 5) is 89.9. The van der Waals surface area contributed by atoms with Crippen LogP contribution in [0.15, 0.2) is 97.1 Å². The minimum absolute atomic E-state index is 0.0248. The topological polar surface area (TPSA) is 305 Å². The first-order valence-electron chi connectivity index (χ1n) is 29.0. The number of nitrogens with two attached hydrogens (primary N) is 3. The van der Waals surface area contributed by atoms with E-state index < -0.39 is 17.2 Å². The monoisotopic (exact) mass is 1600 g/mol. The molecule has 0 saturated carbocycles. The van der Waals surface area contributed by atoms with Gasteiger partial charge in [-0.05, 0) is 155 Å². The van der Waals surface area contributed by atoms with Gasteiger partial charge in [0.05, 0.1) is 57.2 Å². The summed E-state index contributed by atoms with van der Waals surface area (Å²) >= 11 is 32.5. The van der Waals surface area contributed by atoms with Crippen LogP contribution in [0, 0.1) is 3.57 Å². The maximum atomic E-state index is 12.2. The molecule has 0 aromatic heterocycles. The van der Waals surface area contributed by atoms with Gasteiger partial charge in [-0.3, -0.25) is 19.2 Å². The summed E-state index contributed by atoms with van der Waals surface area (Å²) in [6.07, 6.45) is 4.90. The molecule has 4 rings (SSSR count). The zero-order valence-electron chi connectivity index (χ0n) is 53.3. The molecule has 0 unspecified atom stereocenters. The van der Waals surface area contributed by atoms with E-state index in [0.29, 0.717) is 86.4 Å². The van der Waals surface area contributed by atoms with Gasteiger partial charge in [-0.25, -0.2) is 0 Å². The summed E-state index contributed by atoms with van der Waals surface area (Å²) in [5.41, 5.74) is 22.6. The largest absolute Gasteiger partial charge is 0.481 e. The molecule has 0 fully saturated rings. The third kappa shape index (κ3) is 50.1. The van der Waals surface area contributed by atoms with Crippen molar-refractivity contribution in [1.29, 1.82) is 0 Å². The van der Waals surface area contributed by atoms with Crippen molar-refractivity contribution < 1.29 is 57.7 Å². The number of esters is 3. The van der Waals surface area contributed by atoms with Gasteiger partial charge in [-0.15, -0.1) is 58.0 Å². The SMILES string of the molecule is CC(C)(C)OC(=O)C[C@@H](Cc1cccc(N(CCCl)CCCl)c1)N[B]C=O.CC(C)(C)OC(=O)C[C@@H](Cc1cccc(N)c1)N[B]C=O.COC(=O)C[C@@H](CI)N[B]C=O.N[C@@H](CC(=O)O)Cc1cccc(N(CCCl)CCCl)c1.Nc1cccc(I)c1.O=CCCl. The Morgan fingerprint density at radius 1 is 0.565 bits per heavy atom. The Kier molecular flexibility index (Phi) is 53.4. The predicted octanol–water partition coefficient (Wildman–Crippen LogP) is 8.69. The molecule has 0 aliphatic carbocycles. The highest BCUT2D eigenvalue weighted by Crippen LogP contribution is 2.21. The zero-order chi connectivity index (χ0) is 69.9. The van der Waals surface area contributed by atoms with Crippen molar-refractivity contribution in [2.24, 2.45) is 5.73 Å². The summed E-state index contributed by atoms with van der Waals surface area (Å²) in [6.45, 7) is 13.8. The molecule has 507 valence electrons. The van der Waals surface area contributed by atoms with Crippen LogP contribution in [0.2, 0.25) is 0 Å². The fourth-order valence-electron chi connectivity index (χ4n) is 7.82. The van der Waals surface area contributed by atoms with Crippen LogP contribution in [-0.2, 0) is 71.8 Å². The second-order valence-electron chi connectivity index (χ2n) is 21.7. The molecule has 4 aromatic carbocycles. The van der Waals surface area contributed by atoms with Gasteiger partial charge in [-0.1, -0.05) is 65.1 Å². The molecule has 0 aliphatic heterocycles. The molecular formula is C62H89B3Cl5I2N8O12. The Morgan fingerprint density at radius 3 is 1.24 bits per heavy atom. The predicted molar refractivity (Wildman–Crippen MR) is 397 cm³/mol. The van der Waals surface area contributed by atoms with Gasteiger partial charge in [0.15, 0.2) is 0 Å². The highest BCUT2D eigenvalue weighted by Gasteiger charge is 2.23. The number of carbonyl (C=O) groups is 8. The first-order valence-corrected chi connectivity index (χ1v) is 34.3. The lowest BCUT2D eigenvalue weighted by atomic mass is 9.92. The molecule has 0 bridgehead atoms. The summed E-state index contributed by atoms with van der Waals surface area (Å²) in [5.74, 6) is 0.433. The van der Waals surface area contributed by atoms with Crippen LogP contribution < -0.4 is 42.7 Å². The van der Waals surface area contributed by atoms with Crippen LogP contribution in [0.3, 0.4) is 0 Å². The van der Waals surface area contributed by atoms with Crippen LogP contribution in [0.4, 0.5) is 22.7 Å². The smallest absolute Gasteiger partial charge is 0.307 e. The average Bonchev–Trinajstić information content (AvgIpc) is 1.04. The number of hydrogen-bond donors (Lipinski definition) is 7. The van der Waals surface area contributed by atoms with E-state index >= 15 is 0 Å². The number of nitrogens with one attached hydrogen (secondary N) is 3. The highest BCUT2D eigenvalue weighted by atomic mass is 127. The Labute approximate surface area is 598 Å². The fourth-order valence-corrected chi connectivity index (χ4v) is 9.77. The number of nitrogens with zero attached hydrogens (tertiary/aromatic N) is 2. The Balaban J connectivity index is 0. The van der Waals surface area contributed by atoms with Gasteiger partial charge >= 0.3 is 23.9 Å². The number of hydrogen-bond acceptors (Lipinski definition) is 19. The van der Waals surface area contributed by atoms with Crippen LogP contribution in [0.1, 0.15) is 83.9 Å². The summed E-state index contributed by atoms with van der Waals surface area (Å²) < 4.78 is 17.1.